The summed E-state index contributed by atoms with van der Waals surface area (Å²) in [6.45, 7) is 10.7. The van der Waals surface area contributed by atoms with Gasteiger partial charge in [-0.3, -0.25) is 9.69 Å². The number of piperazine rings is 1. The zero-order valence-corrected chi connectivity index (χ0v) is 13.2. The Labute approximate surface area is 126 Å². The van der Waals surface area contributed by atoms with Crippen LogP contribution in [0.5, 0.6) is 5.75 Å². The molecule has 3 rings (SSSR count). The van der Waals surface area contributed by atoms with Crippen LogP contribution in [0.1, 0.15) is 35.3 Å². The Kier molecular flexibility index (Phi) is 3.89. The van der Waals surface area contributed by atoms with Gasteiger partial charge in [0.15, 0.2) is 0 Å². The summed E-state index contributed by atoms with van der Waals surface area (Å²) in [6.07, 6.45) is 0.851. The van der Waals surface area contributed by atoms with Crippen LogP contribution in [0.25, 0.3) is 0 Å². The van der Waals surface area contributed by atoms with Crippen LogP contribution >= 0.6 is 0 Å². The van der Waals surface area contributed by atoms with Gasteiger partial charge in [0.2, 0.25) is 0 Å². The maximum Gasteiger partial charge on any atom is 0.254 e. The smallest absolute Gasteiger partial charge is 0.254 e. The zero-order valence-electron chi connectivity index (χ0n) is 13.2. The van der Waals surface area contributed by atoms with Crippen LogP contribution in [0.15, 0.2) is 12.1 Å². The number of carbonyl (C=O) groups is 1. The SMILES string of the molecule is Cc1ccc(C(=O)N2CCN(C(C)C)CC2)c2c1OCC2. The maximum atomic E-state index is 12.8. The molecule has 2 heterocycles. The Hall–Kier alpha value is -1.55. The van der Waals surface area contributed by atoms with Crippen LogP contribution in [-0.4, -0.2) is 54.5 Å². The fourth-order valence-corrected chi connectivity index (χ4v) is 3.26. The first-order valence-electron chi connectivity index (χ1n) is 7.86. The quantitative estimate of drug-likeness (QED) is 0.835. The average molecular weight is 288 g/mol. The van der Waals surface area contributed by atoms with Crippen molar-refractivity contribution < 1.29 is 9.53 Å². The maximum absolute atomic E-state index is 12.8. The van der Waals surface area contributed by atoms with E-state index >= 15 is 0 Å². The van der Waals surface area contributed by atoms with Gasteiger partial charge in [-0.1, -0.05) is 6.07 Å². The topological polar surface area (TPSA) is 32.8 Å². The predicted octanol–water partition coefficient (Wildman–Crippen LogP) is 2.10. The highest BCUT2D eigenvalue weighted by molar-refractivity contribution is 5.96. The highest BCUT2D eigenvalue weighted by atomic mass is 16.5. The number of amides is 1. The number of hydrogen-bond acceptors (Lipinski definition) is 3. The molecule has 0 saturated carbocycles. The lowest BCUT2D eigenvalue weighted by molar-refractivity contribution is 0.0594. The van der Waals surface area contributed by atoms with E-state index in [1.165, 1.54) is 0 Å². The van der Waals surface area contributed by atoms with E-state index in [2.05, 4.69) is 18.7 Å². The van der Waals surface area contributed by atoms with E-state index in [1.54, 1.807) is 0 Å². The van der Waals surface area contributed by atoms with Crippen molar-refractivity contribution in [3.8, 4) is 5.75 Å². The molecule has 21 heavy (non-hydrogen) atoms. The zero-order chi connectivity index (χ0) is 15.0. The number of ether oxygens (including phenoxy) is 1. The number of benzene rings is 1. The number of carbonyl (C=O) groups excluding carboxylic acids is 1. The van der Waals surface area contributed by atoms with Crippen LogP contribution in [0, 0.1) is 6.92 Å². The Morgan fingerprint density at radius 1 is 1.19 bits per heavy atom. The van der Waals surface area contributed by atoms with Crippen molar-refractivity contribution in [2.75, 3.05) is 32.8 Å². The van der Waals surface area contributed by atoms with E-state index in [9.17, 15) is 4.79 Å². The molecule has 0 bridgehead atoms. The number of nitrogens with zero attached hydrogens (tertiary/aromatic N) is 2. The average Bonchev–Trinajstić information content (AvgIpc) is 2.97. The largest absolute Gasteiger partial charge is 0.493 e. The van der Waals surface area contributed by atoms with Crippen LogP contribution in [0.4, 0.5) is 0 Å². The van der Waals surface area contributed by atoms with Crippen LogP contribution in [-0.2, 0) is 6.42 Å². The molecular weight excluding hydrogens is 264 g/mol. The van der Waals surface area contributed by atoms with Gasteiger partial charge in [0.1, 0.15) is 5.75 Å². The van der Waals surface area contributed by atoms with Crippen LogP contribution < -0.4 is 4.74 Å². The molecule has 0 unspecified atom stereocenters. The Morgan fingerprint density at radius 3 is 2.57 bits per heavy atom. The van der Waals surface area contributed by atoms with Crippen molar-refractivity contribution in [2.24, 2.45) is 0 Å². The molecule has 0 aliphatic carbocycles. The molecule has 1 saturated heterocycles. The first-order valence-corrected chi connectivity index (χ1v) is 7.86. The lowest BCUT2D eigenvalue weighted by Crippen LogP contribution is -2.50. The van der Waals surface area contributed by atoms with E-state index in [0.29, 0.717) is 12.6 Å². The molecule has 0 atom stereocenters. The van der Waals surface area contributed by atoms with Gasteiger partial charge < -0.3 is 9.64 Å². The number of aryl methyl sites for hydroxylation is 1. The summed E-state index contributed by atoms with van der Waals surface area (Å²) in [5.74, 6) is 1.10. The molecule has 1 aromatic rings. The Morgan fingerprint density at radius 2 is 1.90 bits per heavy atom. The van der Waals surface area contributed by atoms with Gasteiger partial charge in [0.05, 0.1) is 6.61 Å². The second-order valence-corrected chi connectivity index (χ2v) is 6.26. The predicted molar refractivity (Wildman–Crippen MR) is 83.0 cm³/mol. The summed E-state index contributed by atoms with van der Waals surface area (Å²) in [6, 6.07) is 4.53. The van der Waals surface area contributed by atoms with Crippen molar-refractivity contribution in [1.29, 1.82) is 0 Å². The lowest BCUT2D eigenvalue weighted by atomic mass is 10.0. The van der Waals surface area contributed by atoms with E-state index in [-0.39, 0.29) is 5.91 Å². The molecule has 1 fully saturated rings. The summed E-state index contributed by atoms with van der Waals surface area (Å²) in [7, 11) is 0. The van der Waals surface area contributed by atoms with Crippen molar-refractivity contribution in [3.05, 3.63) is 28.8 Å². The first kappa shape index (κ1) is 14.4. The van der Waals surface area contributed by atoms with Gasteiger partial charge in [-0.2, -0.15) is 0 Å². The Bertz CT molecular complexity index is 546. The fraction of sp³-hybridized carbons (Fsp3) is 0.588. The number of fused-ring (bicyclic) bond motifs is 1. The molecule has 114 valence electrons. The molecule has 2 aliphatic heterocycles. The van der Waals surface area contributed by atoms with Crippen molar-refractivity contribution in [1.82, 2.24) is 9.80 Å². The van der Waals surface area contributed by atoms with E-state index in [4.69, 9.17) is 4.74 Å². The van der Waals surface area contributed by atoms with Gasteiger partial charge in [-0.15, -0.1) is 0 Å². The molecule has 1 aromatic carbocycles. The van der Waals surface area contributed by atoms with Gasteiger partial charge in [0.25, 0.3) is 5.91 Å². The molecule has 0 radical (unpaired) electrons. The molecule has 1 amide bonds. The van der Waals surface area contributed by atoms with Crippen LogP contribution in [0.3, 0.4) is 0 Å². The normalized spacial score (nSPS) is 18.8. The summed E-state index contributed by atoms with van der Waals surface area (Å²) >= 11 is 0. The van der Waals surface area contributed by atoms with Gasteiger partial charge in [-0.05, 0) is 32.4 Å². The minimum Gasteiger partial charge on any atom is -0.493 e. The highest BCUT2D eigenvalue weighted by Crippen LogP contribution is 2.32. The standard InChI is InChI=1S/C17H24N2O2/c1-12(2)18-7-9-19(10-8-18)17(20)15-5-4-13(3)16-14(15)6-11-21-16/h4-5,12H,6-11H2,1-3H3. The third kappa shape index (κ3) is 2.64. The number of hydrogen-bond donors (Lipinski definition) is 0. The highest BCUT2D eigenvalue weighted by Gasteiger charge is 2.27. The third-order valence-corrected chi connectivity index (χ3v) is 4.62. The summed E-state index contributed by atoms with van der Waals surface area (Å²) in [4.78, 5) is 17.2. The molecular formula is C17H24N2O2. The Balaban J connectivity index is 1.77. The molecule has 0 spiro atoms. The van der Waals surface area contributed by atoms with Gasteiger partial charge in [0, 0.05) is 49.8 Å². The van der Waals surface area contributed by atoms with Crippen molar-refractivity contribution in [3.63, 3.8) is 0 Å². The van der Waals surface area contributed by atoms with Crippen molar-refractivity contribution in [2.45, 2.75) is 33.2 Å². The van der Waals surface area contributed by atoms with E-state index in [0.717, 1.165) is 55.0 Å². The minimum absolute atomic E-state index is 0.167. The second kappa shape index (κ2) is 5.68. The number of rotatable bonds is 2. The summed E-state index contributed by atoms with van der Waals surface area (Å²) in [5.41, 5.74) is 3.07. The molecule has 4 nitrogen and oxygen atoms in total. The molecule has 2 aliphatic rings. The summed E-state index contributed by atoms with van der Waals surface area (Å²) in [5, 5.41) is 0. The fourth-order valence-electron chi connectivity index (χ4n) is 3.26. The third-order valence-electron chi connectivity index (χ3n) is 4.62. The monoisotopic (exact) mass is 288 g/mol. The molecule has 0 N–H and O–H groups in total. The van der Waals surface area contributed by atoms with E-state index < -0.39 is 0 Å². The van der Waals surface area contributed by atoms with Gasteiger partial charge in [-0.25, -0.2) is 0 Å². The summed E-state index contributed by atoms with van der Waals surface area (Å²) < 4.78 is 5.68. The minimum atomic E-state index is 0.167. The molecule has 4 heteroatoms. The molecule has 0 aromatic heterocycles. The first-order chi connectivity index (χ1) is 10.1. The van der Waals surface area contributed by atoms with Crippen LogP contribution in [0.2, 0.25) is 0 Å². The lowest BCUT2D eigenvalue weighted by Gasteiger charge is -2.37. The second-order valence-electron chi connectivity index (χ2n) is 6.26. The van der Waals surface area contributed by atoms with E-state index in [1.807, 2.05) is 24.0 Å². The van der Waals surface area contributed by atoms with Crippen molar-refractivity contribution >= 4 is 5.91 Å². The van der Waals surface area contributed by atoms with Gasteiger partial charge >= 0.3 is 0 Å².